The van der Waals surface area contributed by atoms with Crippen LogP contribution in [0.4, 0.5) is 0 Å². The van der Waals surface area contributed by atoms with Gasteiger partial charge in [-0.3, -0.25) is 14.2 Å². The zero-order chi connectivity index (χ0) is 24.0. The number of aromatic nitrogens is 1. The van der Waals surface area contributed by atoms with Gasteiger partial charge in [0.2, 0.25) is 0 Å². The van der Waals surface area contributed by atoms with Crippen molar-refractivity contribution in [2.45, 2.75) is 46.6 Å². The summed E-state index contributed by atoms with van der Waals surface area (Å²) in [5.41, 5.74) is 2.58. The molecule has 0 amide bonds. The first-order valence-corrected chi connectivity index (χ1v) is 13.0. The van der Waals surface area contributed by atoms with Crippen molar-refractivity contribution >= 4 is 51.6 Å². The molecule has 174 valence electrons. The minimum Gasteiger partial charge on any atom is -0.423 e. The number of aryl methyl sites for hydroxylation is 2. The van der Waals surface area contributed by atoms with E-state index in [1.165, 1.54) is 28.5 Å². The number of Topliss-reactive ketones (excluding diaryl/α,β-unsaturated/α-hetero) is 1. The first-order valence-electron chi connectivity index (χ1n) is 11.3. The Hall–Kier alpha value is -3.03. The van der Waals surface area contributed by atoms with Gasteiger partial charge in [0.05, 0.1) is 11.1 Å². The number of thiophene rings is 1. The molecule has 0 N–H and O–H groups in total. The second kappa shape index (κ2) is 8.64. The van der Waals surface area contributed by atoms with Crippen molar-refractivity contribution in [2.24, 2.45) is 5.41 Å². The Morgan fingerprint density at radius 2 is 1.91 bits per heavy atom. The first-order chi connectivity index (χ1) is 16.2. The van der Waals surface area contributed by atoms with Crippen LogP contribution in [0.25, 0.3) is 23.1 Å². The van der Waals surface area contributed by atoms with Crippen LogP contribution < -0.4 is 20.4 Å². The lowest BCUT2D eigenvalue weighted by Crippen LogP contribution is -2.33. The maximum Gasteiger partial charge on any atom is 0.336 e. The van der Waals surface area contributed by atoms with Gasteiger partial charge in [-0.15, -0.1) is 22.7 Å². The number of thiazole rings is 1. The zero-order valence-electron chi connectivity index (χ0n) is 19.3. The molecule has 5 nitrogen and oxygen atoms in total. The van der Waals surface area contributed by atoms with Crippen LogP contribution in [0.15, 0.2) is 49.7 Å². The van der Waals surface area contributed by atoms with E-state index < -0.39 is 11.0 Å². The summed E-state index contributed by atoms with van der Waals surface area (Å²) in [7, 11) is 0. The van der Waals surface area contributed by atoms with Crippen LogP contribution in [0.2, 0.25) is 0 Å². The van der Waals surface area contributed by atoms with Gasteiger partial charge in [0, 0.05) is 27.8 Å². The molecule has 0 unspecified atom stereocenters. The molecule has 0 radical (unpaired) electrons. The molecule has 0 atom stereocenters. The molecule has 4 aromatic rings. The van der Waals surface area contributed by atoms with E-state index in [1.807, 2.05) is 50.4 Å². The fourth-order valence-electron chi connectivity index (χ4n) is 4.22. The minimum atomic E-state index is -0.566. The molecular formula is C27H25NO4S2. The van der Waals surface area contributed by atoms with Gasteiger partial charge in [0.1, 0.15) is 10.2 Å². The fraction of sp³-hybridized carbons (Fsp3) is 0.296. The van der Waals surface area contributed by atoms with E-state index in [0.717, 1.165) is 35.1 Å². The number of hydrogen-bond donors (Lipinski definition) is 0. The average molecular weight is 492 g/mol. The molecule has 0 aliphatic heterocycles. The quantitative estimate of drug-likeness (QED) is 0.407. The predicted octanol–water partition coefficient (Wildman–Crippen LogP) is 3.84. The van der Waals surface area contributed by atoms with E-state index in [-0.39, 0.29) is 17.9 Å². The Morgan fingerprint density at radius 3 is 2.62 bits per heavy atom. The lowest BCUT2D eigenvalue weighted by atomic mass is 9.91. The van der Waals surface area contributed by atoms with E-state index in [1.54, 1.807) is 22.0 Å². The fourth-order valence-corrected chi connectivity index (χ4v) is 5.98. The maximum absolute atomic E-state index is 13.5. The van der Waals surface area contributed by atoms with E-state index in [4.69, 9.17) is 4.42 Å². The smallest absolute Gasteiger partial charge is 0.336 e. The lowest BCUT2D eigenvalue weighted by molar-refractivity contribution is -0.120. The highest BCUT2D eigenvalue weighted by Gasteiger charge is 2.20. The first kappa shape index (κ1) is 22.7. The molecule has 1 aliphatic carbocycles. The number of fused-ring (bicyclic) bond motifs is 2. The van der Waals surface area contributed by atoms with Crippen molar-refractivity contribution in [1.29, 1.82) is 0 Å². The molecule has 1 aliphatic rings. The molecule has 1 aromatic carbocycles. The van der Waals surface area contributed by atoms with Gasteiger partial charge in [0.15, 0.2) is 5.78 Å². The number of carbonyl (C=O) groups excluding carboxylic acids is 1. The van der Waals surface area contributed by atoms with Crippen molar-refractivity contribution < 1.29 is 9.21 Å². The molecule has 34 heavy (non-hydrogen) atoms. The Kier molecular flexibility index (Phi) is 5.78. The Bertz CT molecular complexity index is 1640. The molecule has 0 saturated carbocycles. The Morgan fingerprint density at radius 1 is 1.15 bits per heavy atom. The summed E-state index contributed by atoms with van der Waals surface area (Å²) < 4.78 is 8.25. The summed E-state index contributed by atoms with van der Waals surface area (Å²) in [5.74, 6) is -0.0552. The summed E-state index contributed by atoms with van der Waals surface area (Å²) in [6, 6.07) is 9.41. The van der Waals surface area contributed by atoms with Crippen LogP contribution in [0.1, 0.15) is 48.8 Å². The van der Waals surface area contributed by atoms with Crippen LogP contribution in [-0.4, -0.2) is 10.4 Å². The van der Waals surface area contributed by atoms with Gasteiger partial charge in [-0.1, -0.05) is 26.8 Å². The summed E-state index contributed by atoms with van der Waals surface area (Å²) in [6.07, 6.45) is 6.49. The van der Waals surface area contributed by atoms with E-state index in [9.17, 15) is 14.4 Å². The molecule has 3 aromatic heterocycles. The summed E-state index contributed by atoms with van der Waals surface area (Å²) in [4.78, 5) is 39.7. The molecule has 3 heterocycles. The van der Waals surface area contributed by atoms with Crippen LogP contribution in [0, 0.1) is 5.41 Å². The maximum atomic E-state index is 13.5. The van der Waals surface area contributed by atoms with Crippen LogP contribution in [-0.2, 0) is 24.2 Å². The SMILES string of the molecule is CC(C)(C)C(=O)/C=c1\s/c(=C/c2cccs2)c(=O)n1Cc1cc(=O)oc2cc3c(cc12)CCC3. The number of nitrogens with zero attached hydrogens (tertiary/aromatic N) is 1. The molecule has 5 rings (SSSR count). The van der Waals surface area contributed by atoms with E-state index >= 15 is 0 Å². The largest absolute Gasteiger partial charge is 0.423 e. The van der Waals surface area contributed by atoms with Gasteiger partial charge in [-0.25, -0.2) is 4.79 Å². The monoisotopic (exact) mass is 491 g/mol. The molecular weight excluding hydrogens is 466 g/mol. The van der Waals surface area contributed by atoms with Crippen molar-refractivity contribution in [3.8, 4) is 0 Å². The average Bonchev–Trinajstić information content (AvgIpc) is 3.50. The molecule has 0 spiro atoms. The highest BCUT2D eigenvalue weighted by Crippen LogP contribution is 2.28. The highest BCUT2D eigenvalue weighted by atomic mass is 32.1. The number of benzene rings is 1. The van der Waals surface area contributed by atoms with Crippen molar-refractivity contribution in [3.05, 3.63) is 87.2 Å². The van der Waals surface area contributed by atoms with Gasteiger partial charge in [0.25, 0.3) is 5.56 Å². The zero-order valence-corrected chi connectivity index (χ0v) is 21.0. The van der Waals surface area contributed by atoms with Crippen LogP contribution in [0.5, 0.6) is 0 Å². The molecule has 0 fully saturated rings. The third kappa shape index (κ3) is 4.38. The normalized spacial score (nSPS) is 14.8. The van der Waals surface area contributed by atoms with Crippen molar-refractivity contribution in [2.75, 3.05) is 0 Å². The van der Waals surface area contributed by atoms with E-state index in [0.29, 0.717) is 14.8 Å². The van der Waals surface area contributed by atoms with Gasteiger partial charge in [-0.2, -0.15) is 0 Å². The second-order valence-electron chi connectivity index (χ2n) is 9.68. The lowest BCUT2D eigenvalue weighted by Gasteiger charge is -2.13. The number of carbonyl (C=O) groups is 1. The second-order valence-corrected chi connectivity index (χ2v) is 11.7. The number of hydrogen-bond acceptors (Lipinski definition) is 6. The Labute approximate surface area is 204 Å². The predicted molar refractivity (Wildman–Crippen MR) is 138 cm³/mol. The Balaban J connectivity index is 1.71. The van der Waals surface area contributed by atoms with E-state index in [2.05, 4.69) is 6.07 Å². The summed E-state index contributed by atoms with van der Waals surface area (Å²) in [6.45, 7) is 5.77. The molecule has 0 saturated heterocycles. The highest BCUT2D eigenvalue weighted by molar-refractivity contribution is 7.11. The van der Waals surface area contributed by atoms with Gasteiger partial charge in [-0.05, 0) is 65.6 Å². The summed E-state index contributed by atoms with van der Waals surface area (Å²) >= 11 is 2.85. The third-order valence-electron chi connectivity index (χ3n) is 6.12. The van der Waals surface area contributed by atoms with Crippen molar-refractivity contribution in [3.63, 3.8) is 0 Å². The number of ketones is 1. The van der Waals surface area contributed by atoms with Crippen LogP contribution in [0.3, 0.4) is 0 Å². The molecule has 0 bridgehead atoms. The topological polar surface area (TPSA) is 69.3 Å². The van der Waals surface area contributed by atoms with Gasteiger partial charge < -0.3 is 4.42 Å². The molecule has 7 heteroatoms. The number of rotatable bonds is 4. The third-order valence-corrected chi connectivity index (χ3v) is 8.00. The van der Waals surface area contributed by atoms with Gasteiger partial charge >= 0.3 is 5.63 Å². The van der Waals surface area contributed by atoms with Crippen LogP contribution >= 0.6 is 22.7 Å². The minimum absolute atomic E-state index is 0.0552. The summed E-state index contributed by atoms with van der Waals surface area (Å²) in [5, 5.41) is 2.80. The van der Waals surface area contributed by atoms with Crippen molar-refractivity contribution in [1.82, 2.24) is 4.57 Å². The standard InChI is InChI=1S/C27H25NO4S2/c1-27(2,3)23(29)14-24-28(26(31)22(34-24)13-19-8-5-9-33-19)15-18-12-25(30)32-21-11-17-7-4-6-16(17)10-20(18)21/h5,8-14H,4,6-7,15H2,1-3H3/b22-13+,24-14-.